The first-order chi connectivity index (χ1) is 16.4. The fraction of sp³-hybridized carbons (Fsp3) is 0.231. The Labute approximate surface area is 202 Å². The van der Waals surface area contributed by atoms with Gasteiger partial charge in [-0.05, 0) is 43.3 Å². The molecule has 0 atom stereocenters. The largest absolute Gasteiger partial charge is 0.481 e. The molecule has 8 heteroatoms. The van der Waals surface area contributed by atoms with Gasteiger partial charge in [-0.1, -0.05) is 47.5 Å². The van der Waals surface area contributed by atoms with Crippen molar-refractivity contribution in [3.8, 4) is 5.75 Å². The molecule has 2 amide bonds. The number of piperazine rings is 1. The molecule has 1 N–H and O–H groups in total. The highest BCUT2D eigenvalue weighted by Gasteiger charge is 2.25. The van der Waals surface area contributed by atoms with Gasteiger partial charge in [-0.15, -0.1) is 0 Å². The van der Waals surface area contributed by atoms with Crippen LogP contribution in [0.15, 0.2) is 66.7 Å². The topological polar surface area (TPSA) is 61.9 Å². The van der Waals surface area contributed by atoms with Gasteiger partial charge in [0.05, 0.1) is 16.4 Å². The molecular formula is C26H25ClFN3O3. The molecule has 0 radical (unpaired) electrons. The molecular weight excluding hydrogens is 457 g/mol. The normalized spacial score (nSPS) is 13.5. The minimum absolute atomic E-state index is 0.00220. The molecule has 0 bridgehead atoms. The molecule has 4 rings (SSSR count). The van der Waals surface area contributed by atoms with Crippen LogP contribution in [-0.2, 0) is 4.79 Å². The maximum atomic E-state index is 13.7. The molecule has 1 aliphatic heterocycles. The second-order valence-corrected chi connectivity index (χ2v) is 8.46. The first kappa shape index (κ1) is 23.6. The Morgan fingerprint density at radius 1 is 0.971 bits per heavy atom. The van der Waals surface area contributed by atoms with E-state index in [-0.39, 0.29) is 18.3 Å². The average Bonchev–Trinajstić information content (AvgIpc) is 2.84. The lowest BCUT2D eigenvalue weighted by Gasteiger charge is -2.37. The van der Waals surface area contributed by atoms with Gasteiger partial charge in [-0.25, -0.2) is 4.39 Å². The maximum absolute atomic E-state index is 13.7. The van der Waals surface area contributed by atoms with Crippen molar-refractivity contribution in [2.45, 2.75) is 6.92 Å². The molecule has 0 saturated carbocycles. The van der Waals surface area contributed by atoms with Crippen molar-refractivity contribution in [1.82, 2.24) is 4.90 Å². The standard InChI is InChI=1S/C26H25ClFN3O3/c1-18-9-11-19(12-10-18)26(33)31-15-13-30(14-16-31)25-20(27)5-4-7-22(25)29-24(32)17-34-23-8-3-2-6-21(23)28/h2-12H,13-17H2,1H3,(H,29,32). The van der Waals surface area contributed by atoms with E-state index >= 15 is 0 Å². The summed E-state index contributed by atoms with van der Waals surface area (Å²) in [5.74, 6) is -0.951. The number of hydrogen-bond acceptors (Lipinski definition) is 4. The van der Waals surface area contributed by atoms with E-state index in [1.165, 1.54) is 12.1 Å². The number of nitrogens with zero attached hydrogens (tertiary/aromatic N) is 2. The number of hydrogen-bond donors (Lipinski definition) is 1. The highest BCUT2D eigenvalue weighted by Crippen LogP contribution is 2.34. The first-order valence-corrected chi connectivity index (χ1v) is 11.4. The number of carbonyl (C=O) groups is 2. The average molecular weight is 482 g/mol. The van der Waals surface area contributed by atoms with E-state index in [9.17, 15) is 14.0 Å². The Kier molecular flexibility index (Phi) is 7.33. The summed E-state index contributed by atoms with van der Waals surface area (Å²) in [5.41, 5.74) is 2.99. The van der Waals surface area contributed by atoms with Gasteiger partial charge in [0, 0.05) is 31.7 Å². The Hall–Kier alpha value is -3.58. The highest BCUT2D eigenvalue weighted by atomic mass is 35.5. The van der Waals surface area contributed by atoms with Crippen LogP contribution in [0, 0.1) is 12.7 Å². The van der Waals surface area contributed by atoms with Crippen LogP contribution in [0.5, 0.6) is 5.75 Å². The van der Waals surface area contributed by atoms with E-state index in [0.29, 0.717) is 48.1 Å². The van der Waals surface area contributed by atoms with Crippen molar-refractivity contribution < 1.29 is 18.7 Å². The molecule has 1 saturated heterocycles. The third kappa shape index (κ3) is 5.48. The predicted octanol–water partition coefficient (Wildman–Crippen LogP) is 4.77. The van der Waals surface area contributed by atoms with Crippen molar-refractivity contribution in [1.29, 1.82) is 0 Å². The van der Waals surface area contributed by atoms with Crippen molar-refractivity contribution >= 4 is 34.8 Å². The number of para-hydroxylation sites is 2. The summed E-state index contributed by atoms with van der Waals surface area (Å²) in [6, 6.07) is 18.7. The third-order valence-corrected chi connectivity index (χ3v) is 5.94. The zero-order valence-corrected chi connectivity index (χ0v) is 19.5. The van der Waals surface area contributed by atoms with Crippen LogP contribution in [0.4, 0.5) is 15.8 Å². The van der Waals surface area contributed by atoms with Gasteiger partial charge in [0.2, 0.25) is 0 Å². The number of rotatable bonds is 6. The molecule has 3 aromatic carbocycles. The van der Waals surface area contributed by atoms with E-state index in [4.69, 9.17) is 16.3 Å². The zero-order valence-electron chi connectivity index (χ0n) is 18.8. The lowest BCUT2D eigenvalue weighted by atomic mass is 10.1. The van der Waals surface area contributed by atoms with Crippen molar-refractivity contribution in [3.05, 3.63) is 88.7 Å². The lowest BCUT2D eigenvalue weighted by molar-refractivity contribution is -0.118. The molecule has 0 aromatic heterocycles. The Morgan fingerprint density at radius 3 is 2.38 bits per heavy atom. The second kappa shape index (κ2) is 10.6. The van der Waals surface area contributed by atoms with E-state index in [1.807, 2.05) is 36.1 Å². The number of amides is 2. The van der Waals surface area contributed by atoms with E-state index < -0.39 is 11.7 Å². The number of aryl methyl sites for hydroxylation is 1. The summed E-state index contributed by atoms with van der Waals surface area (Å²) in [4.78, 5) is 29.2. The summed E-state index contributed by atoms with van der Waals surface area (Å²) >= 11 is 6.50. The fourth-order valence-corrected chi connectivity index (χ4v) is 4.13. The minimum atomic E-state index is -0.531. The van der Waals surface area contributed by atoms with Gasteiger partial charge < -0.3 is 19.9 Å². The Balaban J connectivity index is 1.40. The van der Waals surface area contributed by atoms with E-state index in [1.54, 1.807) is 30.3 Å². The summed E-state index contributed by atoms with van der Waals surface area (Å²) in [6.07, 6.45) is 0. The van der Waals surface area contributed by atoms with Gasteiger partial charge in [0.1, 0.15) is 0 Å². The minimum Gasteiger partial charge on any atom is -0.481 e. The molecule has 3 aromatic rings. The monoisotopic (exact) mass is 481 g/mol. The smallest absolute Gasteiger partial charge is 0.262 e. The molecule has 1 aliphatic rings. The van der Waals surface area contributed by atoms with Crippen molar-refractivity contribution in [2.75, 3.05) is 43.0 Å². The fourth-order valence-electron chi connectivity index (χ4n) is 3.84. The molecule has 0 unspecified atom stereocenters. The van der Waals surface area contributed by atoms with Crippen LogP contribution in [0.2, 0.25) is 5.02 Å². The molecule has 1 fully saturated rings. The first-order valence-electron chi connectivity index (χ1n) is 11.0. The molecule has 6 nitrogen and oxygen atoms in total. The van der Waals surface area contributed by atoms with E-state index in [2.05, 4.69) is 10.2 Å². The number of benzene rings is 3. The van der Waals surface area contributed by atoms with Crippen LogP contribution in [0.1, 0.15) is 15.9 Å². The SMILES string of the molecule is Cc1ccc(C(=O)N2CCN(c3c(Cl)cccc3NC(=O)COc3ccccc3F)CC2)cc1. The third-order valence-electron chi connectivity index (χ3n) is 5.64. The van der Waals surface area contributed by atoms with Crippen LogP contribution in [0.3, 0.4) is 0 Å². The van der Waals surface area contributed by atoms with Gasteiger partial charge >= 0.3 is 0 Å². The number of ether oxygens (including phenoxy) is 1. The quantitative estimate of drug-likeness (QED) is 0.551. The van der Waals surface area contributed by atoms with Gasteiger partial charge in [-0.3, -0.25) is 9.59 Å². The second-order valence-electron chi connectivity index (χ2n) is 8.05. The van der Waals surface area contributed by atoms with Crippen LogP contribution >= 0.6 is 11.6 Å². The van der Waals surface area contributed by atoms with Crippen LogP contribution in [-0.4, -0.2) is 49.5 Å². The highest BCUT2D eigenvalue weighted by molar-refractivity contribution is 6.34. The number of carbonyl (C=O) groups excluding carboxylic acids is 2. The molecule has 176 valence electrons. The molecule has 0 spiro atoms. The molecule has 0 aliphatic carbocycles. The maximum Gasteiger partial charge on any atom is 0.262 e. The summed E-state index contributed by atoms with van der Waals surface area (Å²) < 4.78 is 19.0. The van der Waals surface area contributed by atoms with Crippen LogP contribution in [0.25, 0.3) is 0 Å². The van der Waals surface area contributed by atoms with Crippen molar-refractivity contribution in [2.24, 2.45) is 0 Å². The van der Waals surface area contributed by atoms with Gasteiger partial charge in [0.25, 0.3) is 11.8 Å². The number of anilines is 2. The summed E-state index contributed by atoms with van der Waals surface area (Å²) in [5, 5.41) is 3.30. The zero-order chi connectivity index (χ0) is 24.1. The van der Waals surface area contributed by atoms with Crippen molar-refractivity contribution in [3.63, 3.8) is 0 Å². The van der Waals surface area contributed by atoms with Gasteiger partial charge in [0.15, 0.2) is 18.2 Å². The van der Waals surface area contributed by atoms with Crippen LogP contribution < -0.4 is 15.0 Å². The Bertz CT molecular complexity index is 1180. The lowest BCUT2D eigenvalue weighted by Crippen LogP contribution is -2.49. The number of nitrogens with one attached hydrogen (secondary N) is 1. The van der Waals surface area contributed by atoms with E-state index in [0.717, 1.165) is 5.56 Å². The summed E-state index contributed by atoms with van der Waals surface area (Å²) in [6.45, 7) is 3.83. The molecule has 34 heavy (non-hydrogen) atoms. The summed E-state index contributed by atoms with van der Waals surface area (Å²) in [7, 11) is 0. The van der Waals surface area contributed by atoms with Gasteiger partial charge in [-0.2, -0.15) is 0 Å². The number of halogens is 2. The molecule has 1 heterocycles. The Morgan fingerprint density at radius 2 is 1.68 bits per heavy atom. The predicted molar refractivity (Wildman–Crippen MR) is 131 cm³/mol.